The van der Waals surface area contributed by atoms with E-state index in [2.05, 4.69) is 43.2 Å². The lowest BCUT2D eigenvalue weighted by Gasteiger charge is -2.24. The molecule has 0 unspecified atom stereocenters. The summed E-state index contributed by atoms with van der Waals surface area (Å²) < 4.78 is 0. The molecule has 1 aliphatic rings. The number of fused-ring (bicyclic) bond motifs is 1. The van der Waals surface area contributed by atoms with Crippen molar-refractivity contribution in [3.05, 3.63) is 34.9 Å². The topological polar surface area (TPSA) is 42.0 Å². The van der Waals surface area contributed by atoms with Crippen LogP contribution in [-0.2, 0) is 10.2 Å². The summed E-state index contributed by atoms with van der Waals surface area (Å²) in [6, 6.07) is 8.08. The van der Waals surface area contributed by atoms with Crippen LogP contribution in [0.1, 0.15) is 45.6 Å². The first-order chi connectivity index (χ1) is 10.3. The number of pyridine rings is 1. The van der Waals surface area contributed by atoms with E-state index in [-0.39, 0.29) is 17.2 Å². The third kappa shape index (κ3) is 2.95. The predicted molar refractivity (Wildman–Crippen MR) is 91.4 cm³/mol. The SMILES string of the molecule is CC(C)(C)c1ccc2cc(Cl)c(NC(=O)C3CCC3)nc2c1. The van der Waals surface area contributed by atoms with Crippen molar-refractivity contribution >= 4 is 34.2 Å². The standard InChI is InChI=1S/C18H21ClN2O/c1-18(2,3)13-8-7-12-9-14(19)16(20-15(12)10-13)21-17(22)11-5-4-6-11/h7-11H,4-6H2,1-3H3,(H,20,21,22). The van der Waals surface area contributed by atoms with E-state index >= 15 is 0 Å². The van der Waals surface area contributed by atoms with Crippen LogP contribution < -0.4 is 5.32 Å². The van der Waals surface area contributed by atoms with Crippen molar-refractivity contribution in [2.75, 3.05) is 5.32 Å². The smallest absolute Gasteiger partial charge is 0.228 e. The number of benzene rings is 1. The quantitative estimate of drug-likeness (QED) is 0.854. The van der Waals surface area contributed by atoms with Crippen LogP contribution in [0.15, 0.2) is 24.3 Å². The third-order valence-corrected chi connectivity index (χ3v) is 4.64. The number of nitrogens with one attached hydrogen (secondary N) is 1. The molecule has 1 aromatic carbocycles. The minimum atomic E-state index is 0.0342. The maximum absolute atomic E-state index is 12.1. The highest BCUT2D eigenvalue weighted by atomic mass is 35.5. The molecule has 3 rings (SSSR count). The third-order valence-electron chi connectivity index (χ3n) is 4.35. The summed E-state index contributed by atoms with van der Waals surface area (Å²) in [7, 11) is 0. The fraction of sp³-hybridized carbons (Fsp3) is 0.444. The number of carbonyl (C=O) groups excluding carboxylic acids is 1. The molecule has 22 heavy (non-hydrogen) atoms. The molecule has 1 amide bonds. The highest BCUT2D eigenvalue weighted by Crippen LogP contribution is 2.31. The van der Waals surface area contributed by atoms with Gasteiger partial charge in [-0.2, -0.15) is 0 Å². The van der Waals surface area contributed by atoms with E-state index in [4.69, 9.17) is 11.6 Å². The van der Waals surface area contributed by atoms with E-state index in [1.54, 1.807) is 0 Å². The number of rotatable bonds is 2. The van der Waals surface area contributed by atoms with Gasteiger partial charge in [0.2, 0.25) is 5.91 Å². The molecule has 1 saturated carbocycles. The van der Waals surface area contributed by atoms with Crippen molar-refractivity contribution in [1.29, 1.82) is 0 Å². The molecule has 3 nitrogen and oxygen atoms in total. The van der Waals surface area contributed by atoms with Crippen LogP contribution in [0.25, 0.3) is 10.9 Å². The van der Waals surface area contributed by atoms with Gasteiger partial charge >= 0.3 is 0 Å². The second-order valence-corrected chi connectivity index (χ2v) is 7.50. The number of aromatic nitrogens is 1. The molecule has 0 atom stereocenters. The van der Waals surface area contributed by atoms with Crippen LogP contribution in [0.3, 0.4) is 0 Å². The molecule has 0 bridgehead atoms. The molecule has 1 aromatic heterocycles. The zero-order chi connectivity index (χ0) is 15.9. The van der Waals surface area contributed by atoms with Gasteiger partial charge in [-0.3, -0.25) is 4.79 Å². The molecule has 0 aliphatic heterocycles. The molecule has 2 aromatic rings. The number of amides is 1. The highest BCUT2D eigenvalue weighted by Gasteiger charge is 2.26. The van der Waals surface area contributed by atoms with E-state index in [0.717, 1.165) is 30.2 Å². The Balaban J connectivity index is 1.96. The normalized spacial score (nSPS) is 15.6. The van der Waals surface area contributed by atoms with E-state index in [1.165, 1.54) is 5.56 Å². The summed E-state index contributed by atoms with van der Waals surface area (Å²) in [6.07, 6.45) is 3.06. The van der Waals surface area contributed by atoms with Gasteiger partial charge in [-0.25, -0.2) is 4.98 Å². The molecular formula is C18H21ClN2O. The van der Waals surface area contributed by atoms with Crippen LogP contribution in [0.4, 0.5) is 5.82 Å². The van der Waals surface area contributed by atoms with Gasteiger partial charge in [-0.05, 0) is 36.0 Å². The number of carbonyl (C=O) groups is 1. The Kier molecular flexibility index (Phi) is 3.85. The second-order valence-electron chi connectivity index (χ2n) is 7.09. The lowest BCUT2D eigenvalue weighted by molar-refractivity contribution is -0.122. The van der Waals surface area contributed by atoms with Gasteiger partial charge in [-0.1, -0.05) is 50.9 Å². The lowest BCUT2D eigenvalue weighted by Crippen LogP contribution is -2.28. The highest BCUT2D eigenvalue weighted by molar-refractivity contribution is 6.34. The molecular weight excluding hydrogens is 296 g/mol. The van der Waals surface area contributed by atoms with Crippen LogP contribution in [0.5, 0.6) is 0 Å². The number of nitrogens with zero attached hydrogens (tertiary/aromatic N) is 1. The van der Waals surface area contributed by atoms with Crippen molar-refractivity contribution in [2.24, 2.45) is 5.92 Å². The summed E-state index contributed by atoms with van der Waals surface area (Å²) >= 11 is 6.27. The first-order valence-electron chi connectivity index (χ1n) is 7.76. The van der Waals surface area contributed by atoms with Crippen molar-refractivity contribution in [2.45, 2.75) is 45.4 Å². The van der Waals surface area contributed by atoms with Gasteiger partial charge in [0.15, 0.2) is 5.82 Å². The Labute approximate surface area is 136 Å². The molecule has 0 spiro atoms. The van der Waals surface area contributed by atoms with Gasteiger partial charge < -0.3 is 5.32 Å². The van der Waals surface area contributed by atoms with Crippen molar-refractivity contribution in [1.82, 2.24) is 4.98 Å². The molecule has 0 saturated heterocycles. The molecule has 1 heterocycles. The monoisotopic (exact) mass is 316 g/mol. The van der Waals surface area contributed by atoms with Crippen LogP contribution >= 0.6 is 11.6 Å². The van der Waals surface area contributed by atoms with E-state index < -0.39 is 0 Å². The summed E-state index contributed by atoms with van der Waals surface area (Å²) in [5, 5.41) is 4.36. The molecule has 1 N–H and O–H groups in total. The predicted octanol–water partition coefficient (Wildman–Crippen LogP) is 4.92. The van der Waals surface area contributed by atoms with Gasteiger partial charge in [0, 0.05) is 11.3 Å². The Bertz CT molecular complexity index is 730. The number of hydrogen-bond acceptors (Lipinski definition) is 2. The van der Waals surface area contributed by atoms with Gasteiger partial charge in [0.05, 0.1) is 10.5 Å². The first-order valence-corrected chi connectivity index (χ1v) is 8.14. The minimum absolute atomic E-state index is 0.0342. The molecule has 0 radical (unpaired) electrons. The van der Waals surface area contributed by atoms with Crippen LogP contribution in [-0.4, -0.2) is 10.9 Å². The van der Waals surface area contributed by atoms with Gasteiger partial charge in [-0.15, -0.1) is 0 Å². The molecule has 116 valence electrons. The molecule has 1 fully saturated rings. The van der Waals surface area contributed by atoms with E-state index in [1.807, 2.05) is 12.1 Å². The Hall–Kier alpha value is -1.61. The molecule has 1 aliphatic carbocycles. The fourth-order valence-corrected chi connectivity index (χ4v) is 2.79. The maximum Gasteiger partial charge on any atom is 0.228 e. The van der Waals surface area contributed by atoms with Crippen molar-refractivity contribution in [3.63, 3.8) is 0 Å². The van der Waals surface area contributed by atoms with Gasteiger partial charge in [0.1, 0.15) is 0 Å². The first kappa shape index (κ1) is 15.3. The maximum atomic E-state index is 12.1. The summed E-state index contributed by atoms with van der Waals surface area (Å²) in [5.41, 5.74) is 2.14. The largest absolute Gasteiger partial charge is 0.309 e. The average molecular weight is 317 g/mol. The van der Waals surface area contributed by atoms with E-state index in [0.29, 0.717) is 10.8 Å². The summed E-state index contributed by atoms with van der Waals surface area (Å²) in [4.78, 5) is 16.7. The zero-order valence-electron chi connectivity index (χ0n) is 13.2. The van der Waals surface area contributed by atoms with Crippen molar-refractivity contribution in [3.8, 4) is 0 Å². The lowest BCUT2D eigenvalue weighted by atomic mass is 9.85. The van der Waals surface area contributed by atoms with Crippen LogP contribution in [0, 0.1) is 5.92 Å². The Morgan fingerprint density at radius 3 is 2.59 bits per heavy atom. The fourth-order valence-electron chi connectivity index (χ4n) is 2.58. The summed E-state index contributed by atoms with van der Waals surface area (Å²) in [5.74, 6) is 0.624. The van der Waals surface area contributed by atoms with E-state index in [9.17, 15) is 4.79 Å². The second kappa shape index (κ2) is 5.54. The van der Waals surface area contributed by atoms with Crippen molar-refractivity contribution < 1.29 is 4.79 Å². The Morgan fingerprint density at radius 2 is 2.00 bits per heavy atom. The minimum Gasteiger partial charge on any atom is -0.309 e. The van der Waals surface area contributed by atoms with Gasteiger partial charge in [0.25, 0.3) is 0 Å². The Morgan fingerprint density at radius 1 is 1.27 bits per heavy atom. The number of anilines is 1. The van der Waals surface area contributed by atoms with Crippen LogP contribution in [0.2, 0.25) is 5.02 Å². The summed E-state index contributed by atoms with van der Waals surface area (Å²) in [6.45, 7) is 6.51. The number of hydrogen-bond donors (Lipinski definition) is 1. The number of halogens is 1. The molecule has 4 heteroatoms. The average Bonchev–Trinajstić information content (AvgIpc) is 2.35. The zero-order valence-corrected chi connectivity index (χ0v) is 14.0.